The number of carbonyl (C=O) groups is 3. The van der Waals surface area contributed by atoms with Crippen molar-refractivity contribution in [2.45, 2.75) is 81.5 Å². The highest BCUT2D eigenvalue weighted by Crippen LogP contribution is 2.43. The van der Waals surface area contributed by atoms with E-state index >= 15 is 0 Å². The van der Waals surface area contributed by atoms with Crippen LogP contribution in [-0.4, -0.2) is 69.4 Å². The van der Waals surface area contributed by atoms with E-state index in [1.165, 1.54) is 0 Å². The van der Waals surface area contributed by atoms with Crippen molar-refractivity contribution in [3.63, 3.8) is 0 Å². The van der Waals surface area contributed by atoms with Gasteiger partial charge in [-0.05, 0) is 43.2 Å². The number of amides is 3. The fourth-order valence-electron chi connectivity index (χ4n) is 6.89. The average Bonchev–Trinajstić information content (AvgIpc) is 2.92. The third-order valence-electron chi connectivity index (χ3n) is 8.66. The van der Waals surface area contributed by atoms with Gasteiger partial charge in [0.25, 0.3) is 0 Å². The first kappa shape index (κ1) is 25.3. The number of hydrogen-bond donors (Lipinski definition) is 1. The topological polar surface area (TPSA) is 81.2 Å². The molecule has 7 heteroatoms. The van der Waals surface area contributed by atoms with Gasteiger partial charge in [-0.25, -0.2) is 9.59 Å². The van der Waals surface area contributed by atoms with E-state index in [1.54, 1.807) is 21.7 Å². The molecule has 37 heavy (non-hydrogen) atoms. The molecule has 3 atom stereocenters. The van der Waals surface area contributed by atoms with Gasteiger partial charge in [0.1, 0.15) is 6.04 Å². The van der Waals surface area contributed by atoms with Crippen molar-refractivity contribution in [3.8, 4) is 0 Å². The van der Waals surface area contributed by atoms with Crippen LogP contribution in [0.15, 0.2) is 60.7 Å². The second kappa shape index (κ2) is 10.6. The number of fused-ring (bicyclic) bond motifs is 2. The van der Waals surface area contributed by atoms with Crippen molar-refractivity contribution in [2.24, 2.45) is 0 Å². The maximum absolute atomic E-state index is 14.4. The summed E-state index contributed by atoms with van der Waals surface area (Å²) < 4.78 is 0. The van der Waals surface area contributed by atoms with Crippen LogP contribution >= 0.6 is 0 Å². The minimum absolute atomic E-state index is 0.0764. The van der Waals surface area contributed by atoms with Crippen LogP contribution in [0.5, 0.6) is 0 Å². The number of carbonyl (C=O) groups excluding carboxylic acids is 2. The molecule has 0 spiro atoms. The third-order valence-corrected chi connectivity index (χ3v) is 8.66. The maximum atomic E-state index is 14.4. The van der Waals surface area contributed by atoms with Crippen LogP contribution in [0.25, 0.3) is 0 Å². The summed E-state index contributed by atoms with van der Waals surface area (Å²) in [5, 5.41) is 10.5. The Labute approximate surface area is 219 Å². The van der Waals surface area contributed by atoms with Gasteiger partial charge in [0.2, 0.25) is 5.91 Å². The SMILES string of the molecule is CN(Cc1ccccc1)C(=O)N1[C@H]2CCC[C@H]1[C@@H](C(=O)O)N(C(=O)C1(c3ccccc3)CCCCC1)C2. The fourth-order valence-corrected chi connectivity index (χ4v) is 6.89. The average molecular weight is 504 g/mol. The van der Waals surface area contributed by atoms with Gasteiger partial charge < -0.3 is 19.8 Å². The number of carboxylic acids is 1. The number of carboxylic acid groups (broad SMARTS) is 1. The van der Waals surface area contributed by atoms with Gasteiger partial charge in [0.15, 0.2) is 0 Å². The number of likely N-dealkylation sites (tertiary alicyclic amines) is 1. The van der Waals surface area contributed by atoms with Gasteiger partial charge in [0.05, 0.1) is 17.5 Å². The van der Waals surface area contributed by atoms with Gasteiger partial charge in [-0.1, -0.05) is 79.9 Å². The number of nitrogens with zero attached hydrogens (tertiary/aromatic N) is 3. The number of piperidine rings is 1. The van der Waals surface area contributed by atoms with Crippen molar-refractivity contribution in [3.05, 3.63) is 71.8 Å². The molecular weight excluding hydrogens is 466 g/mol. The summed E-state index contributed by atoms with van der Waals surface area (Å²) in [4.78, 5) is 46.0. The van der Waals surface area contributed by atoms with Gasteiger partial charge in [0, 0.05) is 20.1 Å². The molecule has 3 fully saturated rings. The molecule has 2 aromatic carbocycles. The van der Waals surface area contributed by atoms with E-state index in [0.29, 0.717) is 13.0 Å². The first-order valence-corrected chi connectivity index (χ1v) is 13.6. The Hall–Kier alpha value is -3.35. The summed E-state index contributed by atoms with van der Waals surface area (Å²) in [7, 11) is 1.77. The molecule has 0 radical (unpaired) electrons. The number of benzene rings is 2. The Morgan fingerprint density at radius 2 is 1.57 bits per heavy atom. The van der Waals surface area contributed by atoms with E-state index in [0.717, 1.165) is 56.1 Å². The molecule has 3 aliphatic rings. The van der Waals surface area contributed by atoms with Crippen LogP contribution in [-0.2, 0) is 21.5 Å². The summed E-state index contributed by atoms with van der Waals surface area (Å²) >= 11 is 0. The quantitative estimate of drug-likeness (QED) is 0.644. The van der Waals surface area contributed by atoms with Gasteiger partial charge in [-0.3, -0.25) is 4.79 Å². The third kappa shape index (κ3) is 4.72. The van der Waals surface area contributed by atoms with Crippen LogP contribution in [0.3, 0.4) is 0 Å². The second-order valence-electron chi connectivity index (χ2n) is 10.9. The van der Waals surface area contributed by atoms with Crippen molar-refractivity contribution in [1.82, 2.24) is 14.7 Å². The number of aliphatic carboxylic acids is 1. The lowest BCUT2D eigenvalue weighted by atomic mass is 9.67. The zero-order valence-corrected chi connectivity index (χ0v) is 21.6. The summed E-state index contributed by atoms with van der Waals surface area (Å²) in [5.41, 5.74) is 1.31. The summed E-state index contributed by atoms with van der Waals surface area (Å²) in [6.07, 6.45) is 6.67. The first-order valence-electron chi connectivity index (χ1n) is 13.6. The minimum Gasteiger partial charge on any atom is -0.480 e. The maximum Gasteiger partial charge on any atom is 0.328 e. The molecule has 1 saturated carbocycles. The molecule has 5 rings (SSSR count). The Kier molecular flexibility index (Phi) is 7.22. The number of piperazine rings is 1. The smallest absolute Gasteiger partial charge is 0.328 e. The first-order chi connectivity index (χ1) is 17.9. The molecule has 2 heterocycles. The van der Waals surface area contributed by atoms with Crippen molar-refractivity contribution in [2.75, 3.05) is 13.6 Å². The second-order valence-corrected chi connectivity index (χ2v) is 10.9. The highest BCUT2D eigenvalue weighted by atomic mass is 16.4. The van der Waals surface area contributed by atoms with Crippen LogP contribution in [0, 0.1) is 0 Å². The predicted molar refractivity (Wildman–Crippen MR) is 141 cm³/mol. The van der Waals surface area contributed by atoms with E-state index in [2.05, 4.69) is 0 Å². The molecule has 2 bridgehead atoms. The lowest BCUT2D eigenvalue weighted by Gasteiger charge is -2.55. The number of urea groups is 1. The van der Waals surface area contributed by atoms with E-state index in [4.69, 9.17) is 0 Å². The van der Waals surface area contributed by atoms with Crippen molar-refractivity contribution in [1.29, 1.82) is 0 Å². The lowest BCUT2D eigenvalue weighted by Crippen LogP contribution is -2.72. The highest BCUT2D eigenvalue weighted by molar-refractivity contribution is 5.93. The largest absolute Gasteiger partial charge is 0.480 e. The van der Waals surface area contributed by atoms with E-state index in [9.17, 15) is 19.5 Å². The normalized spacial score (nSPS) is 24.8. The van der Waals surface area contributed by atoms with Crippen LogP contribution in [0.4, 0.5) is 4.79 Å². The van der Waals surface area contributed by atoms with Gasteiger partial charge in [-0.15, -0.1) is 0 Å². The van der Waals surface area contributed by atoms with Gasteiger partial charge in [-0.2, -0.15) is 0 Å². The lowest BCUT2D eigenvalue weighted by molar-refractivity contribution is -0.164. The Balaban J connectivity index is 1.45. The van der Waals surface area contributed by atoms with Gasteiger partial charge >= 0.3 is 12.0 Å². The van der Waals surface area contributed by atoms with E-state index in [1.807, 2.05) is 60.7 Å². The van der Waals surface area contributed by atoms with Crippen molar-refractivity contribution < 1.29 is 19.5 Å². The Bertz CT molecular complexity index is 1120. The summed E-state index contributed by atoms with van der Waals surface area (Å²) in [6.45, 7) is 0.721. The molecule has 0 unspecified atom stereocenters. The molecule has 2 aliphatic heterocycles. The summed E-state index contributed by atoms with van der Waals surface area (Å²) in [6, 6.07) is 17.8. The Morgan fingerprint density at radius 1 is 0.919 bits per heavy atom. The molecule has 1 aliphatic carbocycles. The molecule has 0 aromatic heterocycles. The molecular formula is C30H37N3O4. The molecule has 1 N–H and O–H groups in total. The Morgan fingerprint density at radius 3 is 2.22 bits per heavy atom. The molecule has 7 nitrogen and oxygen atoms in total. The summed E-state index contributed by atoms with van der Waals surface area (Å²) in [5.74, 6) is -1.10. The molecule has 196 valence electrons. The fraction of sp³-hybridized carbons (Fsp3) is 0.500. The molecule has 2 aromatic rings. The number of hydrogen-bond acceptors (Lipinski definition) is 3. The standard InChI is InChI=1S/C30H37N3O4/c1-31(20-22-12-5-2-6-13-22)29(37)33-24-16-11-17-25(33)26(27(34)35)32(21-24)28(36)30(18-9-4-10-19-30)23-14-7-3-8-15-23/h2-3,5-8,12-15,24-26H,4,9-11,16-21H2,1H3,(H,34,35)/t24-,25-,26-/m0/s1. The minimum atomic E-state index is -1.04. The predicted octanol–water partition coefficient (Wildman–Crippen LogP) is 4.66. The zero-order chi connectivity index (χ0) is 26.0. The van der Waals surface area contributed by atoms with Crippen LogP contribution in [0.2, 0.25) is 0 Å². The number of rotatable bonds is 5. The molecule has 2 saturated heterocycles. The monoisotopic (exact) mass is 503 g/mol. The van der Waals surface area contributed by atoms with Crippen LogP contribution in [0.1, 0.15) is 62.5 Å². The highest BCUT2D eigenvalue weighted by Gasteiger charge is 2.54. The molecule has 3 amide bonds. The van der Waals surface area contributed by atoms with Crippen molar-refractivity contribution >= 4 is 17.9 Å². The zero-order valence-electron chi connectivity index (χ0n) is 21.6. The van der Waals surface area contributed by atoms with E-state index < -0.39 is 23.5 Å². The van der Waals surface area contributed by atoms with E-state index in [-0.39, 0.29) is 24.5 Å². The van der Waals surface area contributed by atoms with Crippen LogP contribution < -0.4 is 0 Å².